The highest BCUT2D eigenvalue weighted by molar-refractivity contribution is 7.25. The summed E-state index contributed by atoms with van der Waals surface area (Å²) in [5.41, 5.74) is 6.91. The third-order valence-electron chi connectivity index (χ3n) is 5.16. The Hall–Kier alpha value is -2.45. The summed E-state index contributed by atoms with van der Waals surface area (Å²) in [4.78, 5) is 0. The maximum Gasteiger partial charge on any atom is 0.209 e. The Bertz CT molecular complexity index is 1150. The smallest absolute Gasteiger partial charge is 0.198 e. The van der Waals surface area contributed by atoms with Gasteiger partial charge in [-0.25, -0.2) is 0 Å². The minimum atomic E-state index is 1.01. The number of hydrogen-bond acceptors (Lipinski definition) is 1. The van der Waals surface area contributed by atoms with Crippen LogP contribution in [0.4, 0.5) is 5.69 Å². The van der Waals surface area contributed by atoms with Crippen LogP contribution in [0.3, 0.4) is 0 Å². The normalized spacial score (nSPS) is 13.9. The monoisotopic (exact) mass is 328 g/mol. The zero-order chi connectivity index (χ0) is 16.3. The van der Waals surface area contributed by atoms with E-state index in [0.717, 1.165) is 6.42 Å². The Kier molecular flexibility index (Phi) is 2.92. The minimum absolute atomic E-state index is 1.01. The predicted octanol–water partition coefficient (Wildman–Crippen LogP) is 5.68. The van der Waals surface area contributed by atoms with E-state index in [1.807, 2.05) is 11.3 Å². The van der Waals surface area contributed by atoms with E-state index in [2.05, 4.69) is 79.2 Å². The summed E-state index contributed by atoms with van der Waals surface area (Å²) < 4.78 is 5.15. The summed E-state index contributed by atoms with van der Waals surface area (Å²) >= 11 is 1.90. The molecule has 0 fully saturated rings. The van der Waals surface area contributed by atoms with Crippen molar-refractivity contribution in [1.29, 1.82) is 0 Å². The van der Waals surface area contributed by atoms with Crippen molar-refractivity contribution in [3.05, 3.63) is 77.4 Å². The molecule has 0 aliphatic carbocycles. The molecule has 0 amide bonds. The highest BCUT2D eigenvalue weighted by Crippen LogP contribution is 2.39. The second-order valence-electron chi connectivity index (χ2n) is 6.57. The lowest BCUT2D eigenvalue weighted by molar-refractivity contribution is -0.401. The van der Waals surface area contributed by atoms with E-state index in [9.17, 15) is 0 Å². The quantitative estimate of drug-likeness (QED) is 0.395. The van der Waals surface area contributed by atoms with Crippen LogP contribution in [0.25, 0.3) is 20.2 Å². The molecule has 0 N–H and O–H groups in total. The van der Waals surface area contributed by atoms with Crippen LogP contribution in [0, 0.1) is 6.92 Å². The van der Waals surface area contributed by atoms with Gasteiger partial charge in [-0.05, 0) is 30.7 Å². The number of fused-ring (bicyclic) bond motifs is 4. The molecule has 3 aromatic carbocycles. The Morgan fingerprint density at radius 1 is 0.875 bits per heavy atom. The van der Waals surface area contributed by atoms with Crippen LogP contribution in [0.15, 0.2) is 60.7 Å². The van der Waals surface area contributed by atoms with Crippen LogP contribution in [0.5, 0.6) is 0 Å². The van der Waals surface area contributed by atoms with Gasteiger partial charge in [0.15, 0.2) is 5.71 Å². The zero-order valence-electron chi connectivity index (χ0n) is 13.8. The van der Waals surface area contributed by atoms with Crippen molar-refractivity contribution in [3.8, 4) is 0 Å². The summed E-state index contributed by atoms with van der Waals surface area (Å²) in [6, 6.07) is 22.2. The second kappa shape index (κ2) is 5.02. The Labute approximate surface area is 145 Å². The first-order chi connectivity index (χ1) is 11.7. The molecule has 0 spiro atoms. The fourth-order valence-electron chi connectivity index (χ4n) is 3.87. The number of thiophene rings is 1. The van der Waals surface area contributed by atoms with Crippen LogP contribution < -0.4 is 0 Å². The Morgan fingerprint density at radius 3 is 2.54 bits per heavy atom. The van der Waals surface area contributed by atoms with Crippen molar-refractivity contribution >= 4 is 42.9 Å². The Balaban J connectivity index is 1.75. The van der Waals surface area contributed by atoms with Crippen LogP contribution in [0.2, 0.25) is 0 Å². The van der Waals surface area contributed by atoms with Crippen LogP contribution >= 0.6 is 11.3 Å². The van der Waals surface area contributed by atoms with Gasteiger partial charge < -0.3 is 0 Å². The molecule has 1 aromatic heterocycles. The average molecular weight is 328 g/mol. The summed E-state index contributed by atoms with van der Waals surface area (Å²) in [5.74, 6) is 0. The maximum atomic E-state index is 2.40. The van der Waals surface area contributed by atoms with Crippen molar-refractivity contribution in [3.63, 3.8) is 0 Å². The lowest BCUT2D eigenvalue weighted by Gasteiger charge is -2.02. The molecular weight excluding hydrogens is 310 g/mol. The number of benzene rings is 3. The van der Waals surface area contributed by atoms with Crippen LogP contribution in [-0.2, 0) is 6.42 Å². The first kappa shape index (κ1) is 13.9. The van der Waals surface area contributed by atoms with E-state index in [0.29, 0.717) is 0 Å². The lowest BCUT2D eigenvalue weighted by atomic mass is 10.00. The molecule has 0 saturated carbocycles. The first-order valence-electron chi connectivity index (χ1n) is 8.32. The zero-order valence-corrected chi connectivity index (χ0v) is 14.7. The molecule has 4 aromatic rings. The third kappa shape index (κ3) is 1.90. The molecule has 0 radical (unpaired) electrons. The molecule has 5 rings (SSSR count). The summed E-state index contributed by atoms with van der Waals surface area (Å²) in [6.07, 6.45) is 1.01. The molecule has 24 heavy (non-hydrogen) atoms. The summed E-state index contributed by atoms with van der Waals surface area (Å²) in [5, 5.41) is 2.75. The fraction of sp³-hybridized carbons (Fsp3) is 0.136. The molecule has 0 atom stereocenters. The minimum Gasteiger partial charge on any atom is -0.198 e. The standard InChI is InChI=1S/C22H18NS/c1-14-7-3-4-8-16(14)20-11-15-12-22-18(13-19(15)23(20)2)17-9-5-6-10-21(17)24-22/h3-10,12-13H,11H2,1-2H3/q+1. The van der Waals surface area contributed by atoms with E-state index in [1.54, 1.807) is 0 Å². The number of aryl methyl sites for hydroxylation is 1. The molecule has 0 bridgehead atoms. The van der Waals surface area contributed by atoms with Gasteiger partial charge in [0, 0.05) is 37.4 Å². The van der Waals surface area contributed by atoms with Gasteiger partial charge >= 0.3 is 0 Å². The molecule has 1 aliphatic heterocycles. The lowest BCUT2D eigenvalue weighted by Crippen LogP contribution is -2.11. The van der Waals surface area contributed by atoms with Gasteiger partial charge in [-0.15, -0.1) is 11.3 Å². The molecule has 1 nitrogen and oxygen atoms in total. The van der Waals surface area contributed by atoms with Gasteiger partial charge in [0.05, 0.1) is 6.42 Å². The fourth-order valence-corrected chi connectivity index (χ4v) is 5.02. The van der Waals surface area contributed by atoms with Crippen molar-refractivity contribution in [2.45, 2.75) is 13.3 Å². The molecule has 1 aliphatic rings. The number of nitrogens with zero attached hydrogens (tertiary/aromatic N) is 1. The van der Waals surface area contributed by atoms with E-state index in [1.165, 1.54) is 48.3 Å². The predicted molar refractivity (Wildman–Crippen MR) is 104 cm³/mol. The van der Waals surface area contributed by atoms with Gasteiger partial charge in [0.2, 0.25) is 5.69 Å². The largest absolute Gasteiger partial charge is 0.209 e. The van der Waals surface area contributed by atoms with Gasteiger partial charge in [0.1, 0.15) is 7.05 Å². The highest BCUT2D eigenvalue weighted by Gasteiger charge is 2.30. The molecule has 2 heterocycles. The van der Waals surface area contributed by atoms with E-state index in [-0.39, 0.29) is 0 Å². The number of rotatable bonds is 1. The SMILES string of the molecule is Cc1ccccc1C1=[N+](C)c2cc3c(cc2C1)sc1ccccc13. The van der Waals surface area contributed by atoms with Crippen molar-refractivity contribution < 1.29 is 4.58 Å². The first-order valence-corrected chi connectivity index (χ1v) is 9.14. The molecule has 116 valence electrons. The van der Waals surface area contributed by atoms with Crippen LogP contribution in [-0.4, -0.2) is 17.3 Å². The molecule has 0 unspecified atom stereocenters. The summed E-state index contributed by atoms with van der Waals surface area (Å²) in [7, 11) is 2.20. The average Bonchev–Trinajstić information content (AvgIpc) is 3.11. The Morgan fingerprint density at radius 2 is 1.67 bits per heavy atom. The van der Waals surface area contributed by atoms with Gasteiger partial charge in [-0.2, -0.15) is 4.58 Å². The van der Waals surface area contributed by atoms with Crippen molar-refractivity contribution in [1.82, 2.24) is 0 Å². The van der Waals surface area contributed by atoms with Crippen LogP contribution in [0.1, 0.15) is 16.7 Å². The molecular formula is C22H18NS+. The second-order valence-corrected chi connectivity index (χ2v) is 7.66. The topological polar surface area (TPSA) is 3.01 Å². The van der Waals surface area contributed by atoms with Gasteiger partial charge in [-0.3, -0.25) is 0 Å². The van der Waals surface area contributed by atoms with Crippen molar-refractivity contribution in [2.24, 2.45) is 0 Å². The van der Waals surface area contributed by atoms with Crippen molar-refractivity contribution in [2.75, 3.05) is 7.05 Å². The van der Waals surface area contributed by atoms with E-state index < -0.39 is 0 Å². The summed E-state index contributed by atoms with van der Waals surface area (Å²) in [6.45, 7) is 2.20. The maximum absolute atomic E-state index is 2.40. The molecule has 2 heteroatoms. The third-order valence-corrected chi connectivity index (χ3v) is 6.29. The van der Waals surface area contributed by atoms with Gasteiger partial charge in [-0.1, -0.05) is 36.4 Å². The highest BCUT2D eigenvalue weighted by atomic mass is 32.1. The van der Waals surface area contributed by atoms with E-state index in [4.69, 9.17) is 0 Å². The van der Waals surface area contributed by atoms with Gasteiger partial charge in [0.25, 0.3) is 0 Å². The number of hydrogen-bond donors (Lipinski definition) is 0. The van der Waals surface area contributed by atoms with E-state index >= 15 is 0 Å². The molecule has 0 saturated heterocycles.